The van der Waals surface area contributed by atoms with Gasteiger partial charge in [0.15, 0.2) is 5.13 Å². The molecule has 1 aromatic heterocycles. The molecule has 0 saturated carbocycles. The molecule has 0 aromatic carbocycles. The lowest BCUT2D eigenvalue weighted by atomic mass is 10.0. The summed E-state index contributed by atoms with van der Waals surface area (Å²) in [6.45, 7) is 7.02. The van der Waals surface area contributed by atoms with Crippen molar-refractivity contribution in [2.24, 2.45) is 0 Å². The number of hydrogen-bond acceptors (Lipinski definition) is 5. The van der Waals surface area contributed by atoms with Gasteiger partial charge in [-0.1, -0.05) is 0 Å². The predicted octanol–water partition coefficient (Wildman–Crippen LogP) is 0.711. The number of carbonyl (C=O) groups excluding carboxylic acids is 1. The number of thiazole rings is 1. The molecule has 2 saturated heterocycles. The first kappa shape index (κ1) is 12.6. The minimum Gasteiger partial charge on any atom is -0.345 e. The zero-order chi connectivity index (χ0) is 13.2. The van der Waals surface area contributed by atoms with Gasteiger partial charge < -0.3 is 15.1 Å². The summed E-state index contributed by atoms with van der Waals surface area (Å²) in [6.07, 6.45) is 1.83. The van der Waals surface area contributed by atoms with E-state index < -0.39 is 0 Å². The molecule has 5 nitrogen and oxygen atoms in total. The van der Waals surface area contributed by atoms with Crippen molar-refractivity contribution in [2.75, 3.05) is 44.2 Å². The van der Waals surface area contributed by atoms with E-state index in [-0.39, 0.29) is 5.91 Å². The summed E-state index contributed by atoms with van der Waals surface area (Å²) >= 11 is 1.66. The fourth-order valence-corrected chi connectivity index (χ4v) is 3.07. The minimum absolute atomic E-state index is 0.204. The zero-order valence-corrected chi connectivity index (χ0v) is 11.9. The van der Waals surface area contributed by atoms with Gasteiger partial charge in [0.2, 0.25) is 5.91 Å². The Morgan fingerprint density at radius 2 is 2.05 bits per heavy atom. The summed E-state index contributed by atoms with van der Waals surface area (Å²) < 4.78 is 0. The highest BCUT2D eigenvalue weighted by molar-refractivity contribution is 7.13. The molecular formula is C13H18N4OS. The number of rotatable bonds is 2. The van der Waals surface area contributed by atoms with Crippen molar-refractivity contribution in [1.29, 1.82) is 0 Å². The molecule has 2 aliphatic heterocycles. The van der Waals surface area contributed by atoms with Gasteiger partial charge in [-0.2, -0.15) is 0 Å². The van der Waals surface area contributed by atoms with Crippen molar-refractivity contribution >= 4 is 22.4 Å². The molecule has 1 aromatic rings. The Bertz CT molecular complexity index is 483. The fraction of sp³-hybridized carbons (Fsp3) is 0.538. The summed E-state index contributed by atoms with van der Waals surface area (Å²) in [6, 6.07) is 0. The molecule has 3 rings (SSSR count). The van der Waals surface area contributed by atoms with Crippen LogP contribution in [0.3, 0.4) is 0 Å². The fourth-order valence-electron chi connectivity index (χ4n) is 2.38. The van der Waals surface area contributed by atoms with Crippen molar-refractivity contribution in [3.63, 3.8) is 0 Å². The van der Waals surface area contributed by atoms with Crippen molar-refractivity contribution in [3.8, 4) is 0 Å². The first-order chi connectivity index (χ1) is 9.25. The molecular weight excluding hydrogens is 260 g/mol. The van der Waals surface area contributed by atoms with Gasteiger partial charge >= 0.3 is 0 Å². The molecule has 19 heavy (non-hydrogen) atoms. The number of carbonyl (C=O) groups is 1. The Labute approximate surface area is 116 Å². The van der Waals surface area contributed by atoms with E-state index in [0.717, 1.165) is 50.0 Å². The molecule has 0 atom stereocenters. The normalized spacial score (nSPS) is 19.3. The van der Waals surface area contributed by atoms with Gasteiger partial charge in [-0.25, -0.2) is 4.98 Å². The number of nitrogens with one attached hydrogen (secondary N) is 1. The van der Waals surface area contributed by atoms with E-state index >= 15 is 0 Å². The maximum atomic E-state index is 12.3. The average Bonchev–Trinajstić information content (AvgIpc) is 2.90. The standard InChI is InChI=1S/C13H18N4OS/c1-10(11-8-14-9-11)12(18)16-3-5-17(6-4-16)13-15-2-7-19-13/h2,7,14H,3-6,8-9H2,1H3. The van der Waals surface area contributed by atoms with Gasteiger partial charge in [0.05, 0.1) is 0 Å². The van der Waals surface area contributed by atoms with Crippen molar-refractivity contribution in [3.05, 3.63) is 22.7 Å². The van der Waals surface area contributed by atoms with Gasteiger partial charge in [0, 0.05) is 56.4 Å². The number of hydrogen-bond donors (Lipinski definition) is 1. The number of aromatic nitrogens is 1. The number of nitrogens with zero attached hydrogens (tertiary/aromatic N) is 3. The van der Waals surface area contributed by atoms with Crippen LogP contribution < -0.4 is 10.2 Å². The van der Waals surface area contributed by atoms with Crippen LogP contribution in [-0.4, -0.2) is 55.1 Å². The maximum absolute atomic E-state index is 12.3. The summed E-state index contributed by atoms with van der Waals surface area (Å²) in [4.78, 5) is 20.9. The van der Waals surface area contributed by atoms with Gasteiger partial charge in [-0.15, -0.1) is 11.3 Å². The molecule has 0 spiro atoms. The quantitative estimate of drug-likeness (QED) is 0.810. The summed E-state index contributed by atoms with van der Waals surface area (Å²) in [5.74, 6) is 0.204. The van der Waals surface area contributed by atoms with Crippen molar-refractivity contribution in [1.82, 2.24) is 15.2 Å². The van der Waals surface area contributed by atoms with Gasteiger partial charge in [-0.3, -0.25) is 4.79 Å². The molecule has 0 unspecified atom stereocenters. The van der Waals surface area contributed by atoms with Crippen LogP contribution in [0.1, 0.15) is 6.92 Å². The number of amides is 1. The lowest BCUT2D eigenvalue weighted by Gasteiger charge is -2.35. The Morgan fingerprint density at radius 3 is 2.58 bits per heavy atom. The molecule has 0 aliphatic carbocycles. The van der Waals surface area contributed by atoms with E-state index in [1.807, 2.05) is 23.4 Å². The third kappa shape index (κ3) is 2.50. The third-order valence-corrected chi connectivity index (χ3v) is 4.62. The van der Waals surface area contributed by atoms with E-state index in [1.165, 1.54) is 5.57 Å². The molecule has 1 amide bonds. The smallest absolute Gasteiger partial charge is 0.249 e. The maximum Gasteiger partial charge on any atom is 0.249 e. The van der Waals surface area contributed by atoms with Crippen LogP contribution in [0.5, 0.6) is 0 Å². The predicted molar refractivity (Wildman–Crippen MR) is 76.5 cm³/mol. The molecule has 1 N–H and O–H groups in total. The minimum atomic E-state index is 0.204. The first-order valence-corrected chi connectivity index (χ1v) is 7.47. The summed E-state index contributed by atoms with van der Waals surface area (Å²) in [5.41, 5.74) is 2.19. The second-order valence-electron chi connectivity index (χ2n) is 4.93. The highest BCUT2D eigenvalue weighted by Crippen LogP contribution is 2.20. The topological polar surface area (TPSA) is 48.5 Å². The Hall–Kier alpha value is -1.40. The first-order valence-electron chi connectivity index (χ1n) is 6.59. The monoisotopic (exact) mass is 278 g/mol. The number of piperazine rings is 1. The summed E-state index contributed by atoms with van der Waals surface area (Å²) in [7, 11) is 0. The van der Waals surface area contributed by atoms with Crippen LogP contribution >= 0.6 is 11.3 Å². The second kappa shape index (κ2) is 5.30. The molecule has 3 heterocycles. The van der Waals surface area contributed by atoms with Crippen LogP contribution in [0.15, 0.2) is 22.7 Å². The Balaban J connectivity index is 1.59. The van der Waals surface area contributed by atoms with Crippen molar-refractivity contribution < 1.29 is 4.79 Å². The molecule has 0 bridgehead atoms. The van der Waals surface area contributed by atoms with Crippen LogP contribution in [0, 0.1) is 0 Å². The number of anilines is 1. The SMILES string of the molecule is CC(C(=O)N1CCN(c2nccs2)CC1)=C1CNC1. The van der Waals surface area contributed by atoms with Crippen molar-refractivity contribution in [2.45, 2.75) is 6.92 Å². The average molecular weight is 278 g/mol. The lowest BCUT2D eigenvalue weighted by molar-refractivity contribution is -0.127. The van der Waals surface area contributed by atoms with E-state index in [4.69, 9.17) is 0 Å². The molecule has 6 heteroatoms. The molecule has 2 fully saturated rings. The molecule has 2 aliphatic rings. The second-order valence-corrected chi connectivity index (χ2v) is 5.80. The van der Waals surface area contributed by atoms with E-state index in [9.17, 15) is 4.79 Å². The summed E-state index contributed by atoms with van der Waals surface area (Å²) in [5, 5.41) is 6.23. The van der Waals surface area contributed by atoms with Crippen LogP contribution in [-0.2, 0) is 4.79 Å². The Morgan fingerprint density at radius 1 is 1.32 bits per heavy atom. The van der Waals surface area contributed by atoms with E-state index in [2.05, 4.69) is 15.2 Å². The Kier molecular flexibility index (Phi) is 3.52. The molecule has 102 valence electrons. The molecule has 0 radical (unpaired) electrons. The van der Waals surface area contributed by atoms with Crippen LogP contribution in [0.2, 0.25) is 0 Å². The highest BCUT2D eigenvalue weighted by atomic mass is 32.1. The third-order valence-electron chi connectivity index (χ3n) is 3.78. The van der Waals surface area contributed by atoms with E-state index in [0.29, 0.717) is 0 Å². The van der Waals surface area contributed by atoms with E-state index in [1.54, 1.807) is 11.3 Å². The largest absolute Gasteiger partial charge is 0.345 e. The van der Waals surface area contributed by atoms with Crippen LogP contribution in [0.4, 0.5) is 5.13 Å². The van der Waals surface area contributed by atoms with Gasteiger partial charge in [-0.05, 0) is 12.5 Å². The lowest BCUT2D eigenvalue weighted by Crippen LogP contribution is -2.49. The van der Waals surface area contributed by atoms with Crippen LogP contribution in [0.25, 0.3) is 0 Å². The zero-order valence-electron chi connectivity index (χ0n) is 11.1. The highest BCUT2D eigenvalue weighted by Gasteiger charge is 2.25. The van der Waals surface area contributed by atoms with Gasteiger partial charge in [0.25, 0.3) is 0 Å². The van der Waals surface area contributed by atoms with Gasteiger partial charge in [0.1, 0.15) is 0 Å².